The van der Waals surface area contributed by atoms with E-state index in [-0.39, 0.29) is 0 Å². The molecule has 12 heavy (non-hydrogen) atoms. The Morgan fingerprint density at radius 3 is 3.33 bits per heavy atom. The zero-order valence-electron chi connectivity index (χ0n) is 6.30. The third kappa shape index (κ3) is 1.16. The van der Waals surface area contributed by atoms with E-state index in [0.717, 1.165) is 29.3 Å². The van der Waals surface area contributed by atoms with Gasteiger partial charge in [0.2, 0.25) is 0 Å². The van der Waals surface area contributed by atoms with Crippen LogP contribution in [-0.4, -0.2) is 27.0 Å². The molecule has 1 aliphatic rings. The molecule has 0 saturated heterocycles. The first-order valence-electron chi connectivity index (χ1n) is 3.60. The van der Waals surface area contributed by atoms with E-state index < -0.39 is 0 Å². The Kier molecular flexibility index (Phi) is 1.95. The predicted molar refractivity (Wildman–Crippen MR) is 45.8 cm³/mol. The van der Waals surface area contributed by atoms with E-state index in [1.165, 1.54) is 6.08 Å². The normalized spacial score (nSPS) is 15.3. The van der Waals surface area contributed by atoms with E-state index >= 15 is 0 Å². The van der Waals surface area contributed by atoms with Crippen LogP contribution in [0.5, 0.6) is 0 Å². The molecule has 4 nitrogen and oxygen atoms in total. The number of hydrogen-bond acceptors (Lipinski definition) is 4. The number of carbonyl (C=O) groups is 1. The summed E-state index contributed by atoms with van der Waals surface area (Å²) in [5.74, 6) is 1.05. The molecule has 0 unspecified atom stereocenters. The minimum Gasteiger partial charge on any atom is -0.299 e. The first-order valence-corrected chi connectivity index (χ1v) is 4.58. The SMILES string of the molecule is O=C/C=C/c1nnn2c1SCC2. The first-order chi connectivity index (χ1) is 5.92. The van der Waals surface area contributed by atoms with Gasteiger partial charge in [-0.1, -0.05) is 5.21 Å². The molecule has 0 spiro atoms. The van der Waals surface area contributed by atoms with Crippen molar-refractivity contribution in [2.24, 2.45) is 0 Å². The Hall–Kier alpha value is -1.10. The van der Waals surface area contributed by atoms with E-state index in [2.05, 4.69) is 10.3 Å². The minimum atomic E-state index is 0.741. The number of nitrogens with zero attached hydrogens (tertiary/aromatic N) is 3. The van der Waals surface area contributed by atoms with Crippen LogP contribution in [0.25, 0.3) is 6.08 Å². The Balaban J connectivity index is 2.33. The molecule has 62 valence electrons. The second-order valence-corrected chi connectivity index (χ2v) is 3.43. The van der Waals surface area contributed by atoms with E-state index in [9.17, 15) is 4.79 Å². The van der Waals surface area contributed by atoms with Crippen molar-refractivity contribution in [1.29, 1.82) is 0 Å². The Labute approximate surface area is 73.6 Å². The lowest BCUT2D eigenvalue weighted by molar-refractivity contribution is -0.104. The quantitative estimate of drug-likeness (QED) is 0.495. The van der Waals surface area contributed by atoms with Crippen molar-refractivity contribution in [3.05, 3.63) is 11.8 Å². The number of aromatic nitrogens is 3. The third-order valence-corrected chi connectivity index (χ3v) is 2.67. The molecular formula is C7H7N3OS. The largest absolute Gasteiger partial charge is 0.299 e. The summed E-state index contributed by atoms with van der Waals surface area (Å²) < 4.78 is 1.86. The number of carbonyl (C=O) groups excluding carboxylic acids is 1. The topological polar surface area (TPSA) is 47.8 Å². The molecule has 2 heterocycles. The molecule has 0 saturated carbocycles. The standard InChI is InChI=1S/C7H7N3OS/c11-4-1-2-6-7-10(9-8-6)3-5-12-7/h1-2,4H,3,5H2/b2-1+. The van der Waals surface area contributed by atoms with E-state index in [0.29, 0.717) is 0 Å². The highest BCUT2D eigenvalue weighted by atomic mass is 32.2. The molecule has 0 aliphatic carbocycles. The molecule has 1 aromatic rings. The van der Waals surface area contributed by atoms with E-state index in [4.69, 9.17) is 0 Å². The zero-order chi connectivity index (χ0) is 8.39. The molecule has 0 bridgehead atoms. The molecule has 0 aromatic carbocycles. The van der Waals surface area contributed by atoms with Crippen molar-refractivity contribution in [2.75, 3.05) is 5.75 Å². The molecule has 0 amide bonds. The molecule has 5 heteroatoms. The van der Waals surface area contributed by atoms with Crippen molar-refractivity contribution in [2.45, 2.75) is 11.6 Å². The molecule has 0 fully saturated rings. The van der Waals surface area contributed by atoms with Gasteiger partial charge in [0.05, 0.1) is 6.54 Å². The van der Waals surface area contributed by atoms with Crippen LogP contribution in [0, 0.1) is 0 Å². The summed E-state index contributed by atoms with van der Waals surface area (Å²) in [6.45, 7) is 0.919. The number of aryl methyl sites for hydroxylation is 1. The van der Waals surface area contributed by atoms with Crippen molar-refractivity contribution >= 4 is 24.1 Å². The molecule has 2 rings (SSSR count). The van der Waals surface area contributed by atoms with Crippen LogP contribution < -0.4 is 0 Å². The molecule has 1 aromatic heterocycles. The maximum absolute atomic E-state index is 10.1. The van der Waals surface area contributed by atoms with Crippen molar-refractivity contribution in [1.82, 2.24) is 15.0 Å². The summed E-state index contributed by atoms with van der Waals surface area (Å²) in [6, 6.07) is 0. The van der Waals surface area contributed by atoms with Crippen LogP contribution in [0.15, 0.2) is 11.1 Å². The van der Waals surface area contributed by atoms with Gasteiger partial charge in [-0.25, -0.2) is 4.68 Å². The fourth-order valence-corrected chi connectivity index (χ4v) is 2.07. The van der Waals surface area contributed by atoms with E-state index in [1.54, 1.807) is 17.8 Å². The van der Waals surface area contributed by atoms with E-state index in [1.807, 2.05) is 4.68 Å². The fraction of sp³-hybridized carbons (Fsp3) is 0.286. The summed E-state index contributed by atoms with van der Waals surface area (Å²) >= 11 is 1.72. The Morgan fingerprint density at radius 1 is 1.58 bits per heavy atom. The van der Waals surface area contributed by atoms with Crippen LogP contribution in [0.3, 0.4) is 0 Å². The van der Waals surface area contributed by atoms with Gasteiger partial charge < -0.3 is 0 Å². The number of rotatable bonds is 2. The summed E-state index contributed by atoms with van der Waals surface area (Å²) in [5, 5.41) is 8.91. The molecule has 0 radical (unpaired) electrons. The minimum absolute atomic E-state index is 0.741. The van der Waals surface area contributed by atoms with Gasteiger partial charge in [-0.3, -0.25) is 4.79 Å². The van der Waals surface area contributed by atoms with Crippen LogP contribution >= 0.6 is 11.8 Å². The fourth-order valence-electron chi connectivity index (χ4n) is 1.08. The third-order valence-electron chi connectivity index (χ3n) is 1.59. The Morgan fingerprint density at radius 2 is 2.50 bits per heavy atom. The average Bonchev–Trinajstić information content (AvgIpc) is 2.62. The van der Waals surface area contributed by atoms with Gasteiger partial charge in [-0.2, -0.15) is 0 Å². The van der Waals surface area contributed by atoms with Crippen molar-refractivity contribution < 1.29 is 4.79 Å². The first kappa shape index (κ1) is 7.54. The lowest BCUT2D eigenvalue weighted by Gasteiger charge is -1.87. The number of aldehydes is 1. The maximum Gasteiger partial charge on any atom is 0.142 e. The summed E-state index contributed by atoms with van der Waals surface area (Å²) in [5.41, 5.74) is 0.796. The van der Waals surface area contributed by atoms with Gasteiger partial charge >= 0.3 is 0 Å². The maximum atomic E-state index is 10.1. The molecule has 0 atom stereocenters. The highest BCUT2D eigenvalue weighted by Crippen LogP contribution is 2.27. The van der Waals surface area contributed by atoms with Gasteiger partial charge in [0.15, 0.2) is 0 Å². The van der Waals surface area contributed by atoms with Gasteiger partial charge in [-0.15, -0.1) is 16.9 Å². The lowest BCUT2D eigenvalue weighted by Crippen LogP contribution is -1.95. The van der Waals surface area contributed by atoms with Crippen LogP contribution in [0.4, 0.5) is 0 Å². The smallest absolute Gasteiger partial charge is 0.142 e. The second-order valence-electron chi connectivity index (χ2n) is 2.35. The summed E-state index contributed by atoms with van der Waals surface area (Å²) in [7, 11) is 0. The van der Waals surface area contributed by atoms with Crippen LogP contribution in [0.2, 0.25) is 0 Å². The van der Waals surface area contributed by atoms with Crippen LogP contribution in [0.1, 0.15) is 5.69 Å². The summed E-state index contributed by atoms with van der Waals surface area (Å²) in [6.07, 6.45) is 3.86. The van der Waals surface area contributed by atoms with Crippen LogP contribution in [-0.2, 0) is 11.3 Å². The molecule has 1 aliphatic heterocycles. The molecule has 0 N–H and O–H groups in total. The second kappa shape index (κ2) is 3.10. The zero-order valence-corrected chi connectivity index (χ0v) is 7.12. The van der Waals surface area contributed by atoms with Crippen molar-refractivity contribution in [3.63, 3.8) is 0 Å². The lowest BCUT2D eigenvalue weighted by atomic mass is 10.4. The van der Waals surface area contributed by atoms with Gasteiger partial charge in [0, 0.05) is 5.75 Å². The van der Waals surface area contributed by atoms with Gasteiger partial charge in [-0.05, 0) is 12.2 Å². The average molecular weight is 181 g/mol. The number of thioether (sulfide) groups is 1. The highest BCUT2D eigenvalue weighted by Gasteiger charge is 2.16. The number of hydrogen-bond donors (Lipinski definition) is 0. The predicted octanol–water partition coefficient (Wildman–Crippen LogP) is 0.596. The van der Waals surface area contributed by atoms with Gasteiger partial charge in [0.25, 0.3) is 0 Å². The highest BCUT2D eigenvalue weighted by molar-refractivity contribution is 7.99. The monoisotopic (exact) mass is 181 g/mol. The number of allylic oxidation sites excluding steroid dienone is 1. The summed E-state index contributed by atoms with van der Waals surface area (Å²) in [4.78, 5) is 10.1. The van der Waals surface area contributed by atoms with Crippen molar-refractivity contribution in [3.8, 4) is 0 Å². The number of fused-ring (bicyclic) bond motifs is 1. The Bertz CT molecular complexity index is 331. The molecular weight excluding hydrogens is 174 g/mol. The van der Waals surface area contributed by atoms with Gasteiger partial charge in [0.1, 0.15) is 17.0 Å².